The third kappa shape index (κ3) is 4.31. The molecule has 1 atom stereocenters. The number of hydrogen-bond donors (Lipinski definition) is 0. The summed E-state index contributed by atoms with van der Waals surface area (Å²) in [6.45, 7) is 0. The van der Waals surface area contributed by atoms with E-state index < -0.39 is 6.04 Å². The van der Waals surface area contributed by atoms with E-state index in [0.29, 0.717) is 33.8 Å². The first-order valence-electron chi connectivity index (χ1n) is 10.9. The van der Waals surface area contributed by atoms with Crippen molar-refractivity contribution < 1.29 is 14.3 Å². The molecule has 0 aliphatic carbocycles. The van der Waals surface area contributed by atoms with E-state index in [4.69, 9.17) is 37.8 Å². The van der Waals surface area contributed by atoms with Gasteiger partial charge in [0.15, 0.2) is 0 Å². The quantitative estimate of drug-likeness (QED) is 0.288. The Labute approximate surface area is 212 Å². The molecule has 0 saturated heterocycles. The maximum Gasteiger partial charge on any atom is 0.276 e. The van der Waals surface area contributed by atoms with E-state index in [1.165, 1.54) is 5.01 Å². The maximum atomic E-state index is 13.6. The predicted octanol–water partition coefficient (Wildman–Crippen LogP) is 6.55. The van der Waals surface area contributed by atoms with Crippen molar-refractivity contribution in [1.82, 2.24) is 9.99 Å². The molecule has 0 bridgehead atoms. The van der Waals surface area contributed by atoms with Gasteiger partial charge in [0.1, 0.15) is 22.2 Å². The molecule has 0 spiro atoms. The molecular weight excluding hydrogens is 485 g/mol. The Bertz CT molecular complexity index is 1450. The largest absolute Gasteiger partial charge is 0.497 e. The van der Waals surface area contributed by atoms with Crippen molar-refractivity contribution in [3.63, 3.8) is 0 Å². The summed E-state index contributed by atoms with van der Waals surface area (Å²) in [6, 6.07) is 21.6. The second-order valence-electron chi connectivity index (χ2n) is 8.03. The summed E-state index contributed by atoms with van der Waals surface area (Å²) in [5.74, 6) is 1.05. The summed E-state index contributed by atoms with van der Waals surface area (Å²) in [6.07, 6.45) is 0.458. The number of methoxy groups -OCH3 is 2. The van der Waals surface area contributed by atoms with Crippen LogP contribution in [0, 0.1) is 0 Å². The van der Waals surface area contributed by atoms with E-state index in [1.54, 1.807) is 38.5 Å². The highest BCUT2D eigenvalue weighted by atomic mass is 35.5. The fourth-order valence-corrected chi connectivity index (χ4v) is 4.70. The van der Waals surface area contributed by atoms with E-state index >= 15 is 0 Å². The first-order chi connectivity index (χ1) is 17.0. The summed E-state index contributed by atoms with van der Waals surface area (Å²) in [7, 11) is 3.21. The van der Waals surface area contributed by atoms with Gasteiger partial charge in [0.2, 0.25) is 0 Å². The van der Waals surface area contributed by atoms with Gasteiger partial charge >= 0.3 is 0 Å². The lowest BCUT2D eigenvalue weighted by Crippen LogP contribution is -2.27. The molecule has 5 rings (SSSR count). The lowest BCUT2D eigenvalue weighted by molar-refractivity contribution is 0.0711. The maximum absolute atomic E-state index is 13.6. The van der Waals surface area contributed by atoms with Crippen LogP contribution in [0.3, 0.4) is 0 Å². The van der Waals surface area contributed by atoms with Crippen molar-refractivity contribution in [1.29, 1.82) is 0 Å². The van der Waals surface area contributed by atoms with Gasteiger partial charge in [0, 0.05) is 17.4 Å². The number of benzene rings is 3. The third-order valence-electron chi connectivity index (χ3n) is 6.01. The molecule has 0 unspecified atom stereocenters. The first kappa shape index (κ1) is 23.1. The molecule has 1 amide bonds. The van der Waals surface area contributed by atoms with Gasteiger partial charge < -0.3 is 9.47 Å². The summed E-state index contributed by atoms with van der Waals surface area (Å²) in [5.41, 5.74) is 3.35. The van der Waals surface area contributed by atoms with E-state index in [9.17, 15) is 4.79 Å². The number of para-hydroxylation sites is 1. The number of hydrazone groups is 1. The van der Waals surface area contributed by atoms with Crippen LogP contribution in [0.5, 0.6) is 11.5 Å². The van der Waals surface area contributed by atoms with Crippen LogP contribution in [0.2, 0.25) is 10.2 Å². The first-order valence-corrected chi connectivity index (χ1v) is 11.7. The molecule has 8 heteroatoms. The molecule has 1 aliphatic heterocycles. The van der Waals surface area contributed by atoms with Crippen LogP contribution >= 0.6 is 23.2 Å². The normalized spacial score (nSPS) is 15.3. The molecule has 1 aromatic heterocycles. The third-order valence-corrected chi connectivity index (χ3v) is 6.65. The zero-order valence-electron chi connectivity index (χ0n) is 19.0. The van der Waals surface area contributed by atoms with Gasteiger partial charge in [-0.15, -0.1) is 0 Å². The lowest BCUT2D eigenvalue weighted by Gasteiger charge is -2.23. The Morgan fingerprint density at radius 2 is 1.74 bits per heavy atom. The number of carbonyl (C=O) groups is 1. The fourth-order valence-electron chi connectivity index (χ4n) is 4.22. The molecule has 35 heavy (non-hydrogen) atoms. The van der Waals surface area contributed by atoms with Crippen LogP contribution in [0.15, 0.2) is 77.9 Å². The van der Waals surface area contributed by atoms with Crippen molar-refractivity contribution in [2.24, 2.45) is 5.10 Å². The van der Waals surface area contributed by atoms with Crippen molar-refractivity contribution >= 4 is 45.7 Å². The Hall–Kier alpha value is -3.61. The highest BCUT2D eigenvalue weighted by molar-refractivity contribution is 6.34. The number of amides is 1. The number of hydrogen-bond acceptors (Lipinski definition) is 5. The number of halogens is 2. The predicted molar refractivity (Wildman–Crippen MR) is 138 cm³/mol. The van der Waals surface area contributed by atoms with Crippen LogP contribution < -0.4 is 9.47 Å². The number of aromatic nitrogens is 1. The molecule has 0 N–H and O–H groups in total. The van der Waals surface area contributed by atoms with Gasteiger partial charge in [0.05, 0.1) is 36.6 Å². The smallest absolute Gasteiger partial charge is 0.276 e. The Morgan fingerprint density at radius 1 is 0.971 bits per heavy atom. The van der Waals surface area contributed by atoms with Crippen LogP contribution in [0.25, 0.3) is 10.9 Å². The van der Waals surface area contributed by atoms with Crippen LogP contribution in [0.1, 0.15) is 33.9 Å². The Balaban J connectivity index is 1.61. The Morgan fingerprint density at radius 3 is 2.46 bits per heavy atom. The van der Waals surface area contributed by atoms with E-state index in [0.717, 1.165) is 22.4 Å². The number of fused-ring (bicyclic) bond motifs is 1. The molecule has 2 heterocycles. The molecule has 0 fully saturated rings. The van der Waals surface area contributed by atoms with E-state index in [-0.39, 0.29) is 11.1 Å². The minimum atomic E-state index is -0.466. The van der Waals surface area contributed by atoms with Gasteiger partial charge in [-0.3, -0.25) is 4.79 Å². The standard InChI is InChI=1S/C27H21Cl2N3O3/c1-34-18-12-10-16(11-13-18)22-15-23(32(31-22)27(33)19-7-3-4-8-21(19)28)20-14-17-6-5-9-24(35-2)25(17)30-26(20)29/h3-14,23H,15H2,1-2H3/t23-/m1/s1. The zero-order chi connectivity index (χ0) is 24.5. The van der Waals surface area contributed by atoms with E-state index in [1.807, 2.05) is 48.5 Å². The molecule has 4 aromatic rings. The second kappa shape index (κ2) is 9.56. The van der Waals surface area contributed by atoms with Gasteiger partial charge in [-0.25, -0.2) is 9.99 Å². The highest BCUT2D eigenvalue weighted by Gasteiger charge is 2.36. The molecular formula is C27H21Cl2N3O3. The molecule has 6 nitrogen and oxygen atoms in total. The number of carbonyl (C=O) groups excluding carboxylic acids is 1. The van der Waals surface area contributed by atoms with Gasteiger partial charge in [-0.05, 0) is 54.1 Å². The van der Waals surface area contributed by atoms with Crippen molar-refractivity contribution in [3.05, 3.63) is 99.7 Å². The topological polar surface area (TPSA) is 64.0 Å². The number of nitrogens with zero attached hydrogens (tertiary/aromatic N) is 3. The molecule has 176 valence electrons. The molecule has 1 aliphatic rings. The van der Waals surface area contributed by atoms with Crippen molar-refractivity contribution in [3.8, 4) is 11.5 Å². The average molecular weight is 506 g/mol. The fraction of sp³-hybridized carbons (Fsp3) is 0.148. The van der Waals surface area contributed by atoms with Gasteiger partial charge in [-0.1, -0.05) is 47.5 Å². The lowest BCUT2D eigenvalue weighted by atomic mass is 9.98. The summed E-state index contributed by atoms with van der Waals surface area (Å²) in [4.78, 5) is 18.2. The SMILES string of the molecule is COc1ccc(C2=NN(C(=O)c3ccccc3Cl)[C@@H](c3cc4cccc(OC)c4nc3Cl)C2)cc1. The van der Waals surface area contributed by atoms with Gasteiger partial charge in [0.25, 0.3) is 5.91 Å². The van der Waals surface area contributed by atoms with Gasteiger partial charge in [-0.2, -0.15) is 5.10 Å². The minimum absolute atomic E-state index is 0.287. The number of pyridine rings is 1. The summed E-state index contributed by atoms with van der Waals surface area (Å²) < 4.78 is 10.7. The zero-order valence-corrected chi connectivity index (χ0v) is 20.5. The van der Waals surface area contributed by atoms with Crippen molar-refractivity contribution in [2.75, 3.05) is 14.2 Å². The Kier molecular flexibility index (Phi) is 6.32. The van der Waals surface area contributed by atoms with Crippen LogP contribution in [-0.2, 0) is 0 Å². The van der Waals surface area contributed by atoms with Crippen LogP contribution in [-0.4, -0.2) is 35.8 Å². The average Bonchev–Trinajstić information content (AvgIpc) is 3.33. The summed E-state index contributed by atoms with van der Waals surface area (Å²) >= 11 is 13.1. The number of rotatable bonds is 5. The second-order valence-corrected chi connectivity index (χ2v) is 8.79. The summed E-state index contributed by atoms with van der Waals surface area (Å²) in [5, 5.41) is 7.69. The molecule has 3 aromatic carbocycles. The molecule has 0 radical (unpaired) electrons. The van der Waals surface area contributed by atoms with Crippen molar-refractivity contribution in [2.45, 2.75) is 12.5 Å². The monoisotopic (exact) mass is 505 g/mol. The van der Waals surface area contributed by atoms with Crippen LogP contribution in [0.4, 0.5) is 0 Å². The minimum Gasteiger partial charge on any atom is -0.497 e. The van der Waals surface area contributed by atoms with E-state index in [2.05, 4.69) is 4.98 Å². The highest BCUT2D eigenvalue weighted by Crippen LogP contribution is 2.39. The molecule has 0 saturated carbocycles. The number of ether oxygens (including phenoxy) is 2.